The monoisotopic (exact) mass is 487 g/mol. The molecule has 2 heterocycles. The summed E-state index contributed by atoms with van der Waals surface area (Å²) >= 11 is 1.63. The molecular weight excluding hydrogens is 458 g/mol. The van der Waals surface area contributed by atoms with Gasteiger partial charge in [-0.05, 0) is 43.7 Å². The van der Waals surface area contributed by atoms with Crippen molar-refractivity contribution in [1.29, 1.82) is 0 Å². The maximum Gasteiger partial charge on any atom is 0.308 e. The summed E-state index contributed by atoms with van der Waals surface area (Å²) in [5.41, 5.74) is 3.69. The SMILES string of the molecule is COC(=O)C1CCC(CNC(=O)c2cccc3ccn(Cc4csc(-c5ccccc5)n4)c23)CC1. The highest BCUT2D eigenvalue weighted by Crippen LogP contribution is 2.30. The number of methoxy groups -OCH3 is 1. The normalized spacial score (nSPS) is 17.9. The molecule has 2 aromatic heterocycles. The second kappa shape index (κ2) is 10.4. The number of hydrogen-bond donors (Lipinski definition) is 1. The Kier molecular flexibility index (Phi) is 6.95. The van der Waals surface area contributed by atoms with E-state index in [1.807, 2.05) is 48.7 Å². The fourth-order valence-corrected chi connectivity index (χ4v) is 5.76. The molecular formula is C28H29N3O3S. The first-order valence-electron chi connectivity index (χ1n) is 12.1. The van der Waals surface area contributed by atoms with E-state index in [2.05, 4.69) is 27.4 Å². The Bertz CT molecular complexity index is 1320. The molecule has 5 rings (SSSR count). The lowest BCUT2D eigenvalue weighted by Gasteiger charge is -2.27. The molecule has 1 aliphatic carbocycles. The Morgan fingerprint density at radius 3 is 2.63 bits per heavy atom. The number of nitrogens with zero attached hydrogens (tertiary/aromatic N) is 2. The first-order chi connectivity index (χ1) is 17.1. The van der Waals surface area contributed by atoms with E-state index in [0.29, 0.717) is 24.6 Å². The fourth-order valence-electron chi connectivity index (χ4n) is 4.94. The number of ether oxygens (including phenoxy) is 1. The van der Waals surface area contributed by atoms with Gasteiger partial charge in [0.1, 0.15) is 5.01 Å². The van der Waals surface area contributed by atoms with Gasteiger partial charge in [0.15, 0.2) is 0 Å². The zero-order valence-electron chi connectivity index (χ0n) is 19.8. The predicted molar refractivity (Wildman–Crippen MR) is 138 cm³/mol. The van der Waals surface area contributed by atoms with Gasteiger partial charge in [-0.2, -0.15) is 0 Å². The van der Waals surface area contributed by atoms with Gasteiger partial charge >= 0.3 is 5.97 Å². The van der Waals surface area contributed by atoms with E-state index in [0.717, 1.165) is 52.9 Å². The van der Waals surface area contributed by atoms with Crippen LogP contribution in [0, 0.1) is 11.8 Å². The van der Waals surface area contributed by atoms with Gasteiger partial charge in [-0.15, -0.1) is 11.3 Å². The van der Waals surface area contributed by atoms with Crippen LogP contribution in [0.3, 0.4) is 0 Å². The molecule has 7 heteroatoms. The molecule has 2 aromatic carbocycles. The van der Waals surface area contributed by atoms with E-state index in [4.69, 9.17) is 9.72 Å². The summed E-state index contributed by atoms with van der Waals surface area (Å²) in [6, 6.07) is 18.1. The fraction of sp³-hybridized carbons (Fsp3) is 0.321. The van der Waals surface area contributed by atoms with E-state index >= 15 is 0 Å². The van der Waals surface area contributed by atoms with Crippen molar-refractivity contribution in [1.82, 2.24) is 14.9 Å². The van der Waals surface area contributed by atoms with Crippen LogP contribution in [-0.2, 0) is 16.1 Å². The van der Waals surface area contributed by atoms with Crippen molar-refractivity contribution in [2.45, 2.75) is 32.2 Å². The van der Waals surface area contributed by atoms with E-state index < -0.39 is 0 Å². The molecule has 0 atom stereocenters. The van der Waals surface area contributed by atoms with Gasteiger partial charge in [0.25, 0.3) is 5.91 Å². The molecule has 0 saturated heterocycles. The van der Waals surface area contributed by atoms with Crippen LogP contribution in [0.4, 0.5) is 0 Å². The molecule has 0 spiro atoms. The van der Waals surface area contributed by atoms with Gasteiger partial charge in [0, 0.05) is 29.1 Å². The predicted octanol–water partition coefficient (Wildman–Crippen LogP) is 5.52. The number of carbonyl (C=O) groups excluding carboxylic acids is 2. The number of rotatable bonds is 7. The van der Waals surface area contributed by atoms with Crippen molar-refractivity contribution in [3.63, 3.8) is 0 Å². The van der Waals surface area contributed by atoms with Crippen molar-refractivity contribution in [3.05, 3.63) is 77.4 Å². The minimum absolute atomic E-state index is 0.00269. The van der Waals surface area contributed by atoms with Crippen molar-refractivity contribution < 1.29 is 14.3 Å². The van der Waals surface area contributed by atoms with E-state index in [1.165, 1.54) is 7.11 Å². The molecule has 1 amide bonds. The molecule has 0 aliphatic heterocycles. The van der Waals surface area contributed by atoms with Crippen LogP contribution in [0.1, 0.15) is 41.7 Å². The van der Waals surface area contributed by atoms with Crippen molar-refractivity contribution in [2.24, 2.45) is 11.8 Å². The van der Waals surface area contributed by atoms with Gasteiger partial charge in [-0.3, -0.25) is 9.59 Å². The molecule has 1 N–H and O–H groups in total. The summed E-state index contributed by atoms with van der Waals surface area (Å²) in [6.45, 7) is 1.23. The highest BCUT2D eigenvalue weighted by Gasteiger charge is 2.27. The maximum absolute atomic E-state index is 13.2. The molecule has 4 aromatic rings. The summed E-state index contributed by atoms with van der Waals surface area (Å²) in [5.74, 6) is 0.208. The van der Waals surface area contributed by atoms with E-state index in [-0.39, 0.29) is 17.8 Å². The highest BCUT2D eigenvalue weighted by atomic mass is 32.1. The third kappa shape index (κ3) is 5.15. The molecule has 6 nitrogen and oxygen atoms in total. The third-order valence-corrected chi connectivity index (χ3v) is 7.81. The minimum atomic E-state index is -0.115. The summed E-state index contributed by atoms with van der Waals surface area (Å²) < 4.78 is 6.98. The minimum Gasteiger partial charge on any atom is -0.469 e. The Labute approximate surface area is 209 Å². The second-order valence-electron chi connectivity index (χ2n) is 9.15. The Morgan fingerprint density at radius 2 is 1.86 bits per heavy atom. The number of esters is 1. The standard InChI is InChI=1S/C28H29N3O3S/c1-34-28(33)22-12-10-19(11-13-22)16-29-26(32)24-9-5-8-20-14-15-31(25(20)24)17-23-18-35-27(30-23)21-6-3-2-4-7-21/h2-9,14-15,18-19,22H,10-13,16-17H2,1H3,(H,29,32). The van der Waals surface area contributed by atoms with Crippen LogP contribution >= 0.6 is 11.3 Å². The zero-order valence-corrected chi connectivity index (χ0v) is 20.6. The molecule has 0 unspecified atom stereocenters. The van der Waals surface area contributed by atoms with Gasteiger partial charge in [-0.1, -0.05) is 42.5 Å². The summed E-state index contributed by atoms with van der Waals surface area (Å²) in [5, 5.41) is 7.26. The van der Waals surface area contributed by atoms with Crippen molar-refractivity contribution in [2.75, 3.05) is 13.7 Å². The van der Waals surface area contributed by atoms with Gasteiger partial charge in [-0.25, -0.2) is 4.98 Å². The summed E-state index contributed by atoms with van der Waals surface area (Å²) in [6.07, 6.45) is 5.52. The van der Waals surface area contributed by atoms with E-state index in [9.17, 15) is 9.59 Å². The molecule has 0 bridgehead atoms. The van der Waals surface area contributed by atoms with Crippen LogP contribution in [0.2, 0.25) is 0 Å². The van der Waals surface area contributed by atoms with Gasteiger partial charge in [0.2, 0.25) is 0 Å². The molecule has 0 radical (unpaired) electrons. The maximum atomic E-state index is 13.2. The number of fused-ring (bicyclic) bond motifs is 1. The average molecular weight is 488 g/mol. The third-order valence-electron chi connectivity index (χ3n) is 6.87. The lowest BCUT2D eigenvalue weighted by atomic mass is 9.82. The zero-order chi connectivity index (χ0) is 24.2. The average Bonchev–Trinajstić information content (AvgIpc) is 3.55. The number of aromatic nitrogens is 2. The quantitative estimate of drug-likeness (QED) is 0.348. The van der Waals surface area contributed by atoms with Crippen LogP contribution in [-0.4, -0.2) is 35.1 Å². The molecule has 35 heavy (non-hydrogen) atoms. The summed E-state index contributed by atoms with van der Waals surface area (Å²) in [4.78, 5) is 29.8. The topological polar surface area (TPSA) is 73.2 Å². The first-order valence-corrected chi connectivity index (χ1v) is 12.9. The molecule has 1 aliphatic rings. The number of carbonyl (C=O) groups is 2. The number of amides is 1. The van der Waals surface area contributed by atoms with Crippen molar-refractivity contribution >= 4 is 34.1 Å². The Morgan fingerprint density at radius 1 is 1.06 bits per heavy atom. The van der Waals surface area contributed by atoms with Crippen LogP contribution < -0.4 is 5.32 Å². The lowest BCUT2D eigenvalue weighted by molar-refractivity contribution is -0.146. The first kappa shape index (κ1) is 23.3. The largest absolute Gasteiger partial charge is 0.469 e. The second-order valence-corrected chi connectivity index (χ2v) is 10.0. The van der Waals surface area contributed by atoms with Crippen LogP contribution in [0.15, 0.2) is 66.2 Å². The smallest absolute Gasteiger partial charge is 0.308 e. The lowest BCUT2D eigenvalue weighted by Crippen LogP contribution is -2.33. The number of para-hydroxylation sites is 1. The number of benzene rings is 2. The Balaban J connectivity index is 1.28. The Hall–Kier alpha value is -3.45. The molecule has 1 saturated carbocycles. The van der Waals surface area contributed by atoms with Gasteiger partial charge < -0.3 is 14.6 Å². The summed E-state index contributed by atoms with van der Waals surface area (Å²) in [7, 11) is 1.45. The van der Waals surface area contributed by atoms with Crippen molar-refractivity contribution in [3.8, 4) is 10.6 Å². The number of hydrogen-bond acceptors (Lipinski definition) is 5. The number of nitrogens with one attached hydrogen (secondary N) is 1. The van der Waals surface area contributed by atoms with Gasteiger partial charge in [0.05, 0.1) is 36.3 Å². The van der Waals surface area contributed by atoms with Crippen LogP contribution in [0.25, 0.3) is 21.5 Å². The van der Waals surface area contributed by atoms with E-state index in [1.54, 1.807) is 11.3 Å². The molecule has 1 fully saturated rings. The van der Waals surface area contributed by atoms with Crippen LogP contribution in [0.5, 0.6) is 0 Å². The number of thiazole rings is 1. The highest BCUT2D eigenvalue weighted by molar-refractivity contribution is 7.13. The molecule has 180 valence electrons.